The second kappa shape index (κ2) is 5.57. The molecule has 0 radical (unpaired) electrons. The number of rotatable bonds is 1. The van der Waals surface area contributed by atoms with Crippen molar-refractivity contribution in [2.75, 3.05) is 24.6 Å². The van der Waals surface area contributed by atoms with Crippen LogP contribution in [0.25, 0.3) is 0 Å². The van der Waals surface area contributed by atoms with Crippen LogP contribution in [0.2, 0.25) is 0 Å². The van der Waals surface area contributed by atoms with Gasteiger partial charge in [-0.25, -0.2) is 8.42 Å². The molecule has 104 valence electrons. The molecule has 1 aliphatic heterocycles. The predicted octanol–water partition coefficient (Wildman–Crippen LogP) is 0.151. The molecule has 0 unspecified atom stereocenters. The van der Waals surface area contributed by atoms with Crippen molar-refractivity contribution in [2.45, 2.75) is 38.1 Å². The summed E-state index contributed by atoms with van der Waals surface area (Å²) in [6.07, 6.45) is 4.08. The number of amides is 1. The van der Waals surface area contributed by atoms with Crippen LogP contribution in [0, 0.1) is 5.92 Å². The molecule has 0 aromatic carbocycles. The van der Waals surface area contributed by atoms with Crippen LogP contribution >= 0.6 is 0 Å². The molecule has 18 heavy (non-hydrogen) atoms. The van der Waals surface area contributed by atoms with Crippen molar-refractivity contribution in [3.8, 4) is 0 Å². The van der Waals surface area contributed by atoms with E-state index in [2.05, 4.69) is 0 Å². The molecule has 0 aromatic rings. The van der Waals surface area contributed by atoms with Crippen LogP contribution in [0.3, 0.4) is 0 Å². The number of carbonyl (C=O) groups is 1. The first-order valence-corrected chi connectivity index (χ1v) is 8.55. The summed E-state index contributed by atoms with van der Waals surface area (Å²) in [5, 5.41) is 0. The number of nitrogens with two attached hydrogens (primary N) is 1. The van der Waals surface area contributed by atoms with E-state index >= 15 is 0 Å². The average molecular weight is 274 g/mol. The van der Waals surface area contributed by atoms with Gasteiger partial charge >= 0.3 is 0 Å². The van der Waals surface area contributed by atoms with Gasteiger partial charge in [-0.3, -0.25) is 4.79 Å². The Kier molecular flexibility index (Phi) is 4.27. The van der Waals surface area contributed by atoms with Crippen molar-refractivity contribution in [2.24, 2.45) is 11.7 Å². The standard InChI is InChI=1S/C12H22N2O3S/c13-11-4-2-10(3-5-11)12(15)14-6-1-8-18(16,17)9-7-14/h10-11H,1-9,13H2. The zero-order chi connectivity index (χ0) is 13.2. The zero-order valence-corrected chi connectivity index (χ0v) is 11.5. The molecular formula is C12H22N2O3S. The second-order valence-corrected chi connectivity index (χ2v) is 7.75. The van der Waals surface area contributed by atoms with Gasteiger partial charge in [-0.1, -0.05) is 0 Å². The topological polar surface area (TPSA) is 80.5 Å². The number of sulfone groups is 1. The molecule has 6 heteroatoms. The molecule has 2 fully saturated rings. The predicted molar refractivity (Wildman–Crippen MR) is 69.8 cm³/mol. The summed E-state index contributed by atoms with van der Waals surface area (Å²) >= 11 is 0. The average Bonchev–Trinajstić information content (AvgIpc) is 2.50. The van der Waals surface area contributed by atoms with Crippen molar-refractivity contribution in [3.63, 3.8) is 0 Å². The summed E-state index contributed by atoms with van der Waals surface area (Å²) in [6, 6.07) is 0.235. The van der Waals surface area contributed by atoms with Crippen molar-refractivity contribution < 1.29 is 13.2 Å². The van der Waals surface area contributed by atoms with E-state index in [9.17, 15) is 13.2 Å². The fourth-order valence-electron chi connectivity index (χ4n) is 2.78. The Hall–Kier alpha value is -0.620. The summed E-state index contributed by atoms with van der Waals surface area (Å²) in [5.41, 5.74) is 5.83. The lowest BCUT2D eigenvalue weighted by molar-refractivity contribution is -0.136. The number of carbonyl (C=O) groups excluding carboxylic acids is 1. The van der Waals surface area contributed by atoms with Crippen molar-refractivity contribution >= 4 is 15.7 Å². The lowest BCUT2D eigenvalue weighted by Gasteiger charge is -2.30. The fraction of sp³-hybridized carbons (Fsp3) is 0.917. The molecule has 2 rings (SSSR count). The van der Waals surface area contributed by atoms with Crippen LogP contribution in [0.4, 0.5) is 0 Å². The van der Waals surface area contributed by atoms with Crippen LogP contribution in [0.15, 0.2) is 0 Å². The van der Waals surface area contributed by atoms with E-state index in [-0.39, 0.29) is 29.4 Å². The number of hydrogen-bond donors (Lipinski definition) is 1. The lowest BCUT2D eigenvalue weighted by Crippen LogP contribution is -2.40. The van der Waals surface area contributed by atoms with Gasteiger partial charge in [0.1, 0.15) is 0 Å². The summed E-state index contributed by atoms with van der Waals surface area (Å²) in [4.78, 5) is 14.1. The minimum atomic E-state index is -2.94. The minimum Gasteiger partial charge on any atom is -0.341 e. The molecule has 2 N–H and O–H groups in total. The Morgan fingerprint density at radius 1 is 1.06 bits per heavy atom. The molecule has 1 aliphatic carbocycles. The van der Waals surface area contributed by atoms with E-state index in [4.69, 9.17) is 5.73 Å². The van der Waals surface area contributed by atoms with Gasteiger partial charge in [0, 0.05) is 25.0 Å². The molecule has 1 saturated carbocycles. The third-order valence-electron chi connectivity index (χ3n) is 3.99. The van der Waals surface area contributed by atoms with Crippen LogP contribution in [-0.4, -0.2) is 49.9 Å². The third kappa shape index (κ3) is 3.45. The number of nitrogens with zero attached hydrogens (tertiary/aromatic N) is 1. The highest BCUT2D eigenvalue weighted by molar-refractivity contribution is 7.91. The van der Waals surface area contributed by atoms with Gasteiger partial charge in [0.2, 0.25) is 5.91 Å². The van der Waals surface area contributed by atoms with Gasteiger partial charge in [-0.15, -0.1) is 0 Å². The van der Waals surface area contributed by atoms with Crippen molar-refractivity contribution in [1.82, 2.24) is 4.90 Å². The Labute approximate surface area is 109 Å². The molecule has 0 aromatic heterocycles. The largest absolute Gasteiger partial charge is 0.341 e. The lowest BCUT2D eigenvalue weighted by atomic mass is 9.85. The highest BCUT2D eigenvalue weighted by Gasteiger charge is 2.30. The minimum absolute atomic E-state index is 0.0607. The zero-order valence-electron chi connectivity index (χ0n) is 10.7. The quantitative estimate of drug-likeness (QED) is 0.738. The van der Waals surface area contributed by atoms with Gasteiger partial charge < -0.3 is 10.6 Å². The maximum absolute atomic E-state index is 12.3. The summed E-state index contributed by atoms with van der Waals surface area (Å²) in [5.74, 6) is 0.529. The summed E-state index contributed by atoms with van der Waals surface area (Å²) in [7, 11) is -2.94. The first-order chi connectivity index (χ1) is 8.48. The van der Waals surface area contributed by atoms with E-state index < -0.39 is 9.84 Å². The molecule has 0 atom stereocenters. The first-order valence-electron chi connectivity index (χ1n) is 6.73. The van der Waals surface area contributed by atoms with E-state index in [1.54, 1.807) is 4.90 Å². The summed E-state index contributed by atoms with van der Waals surface area (Å²) < 4.78 is 23.0. The smallest absolute Gasteiger partial charge is 0.225 e. The Balaban J connectivity index is 1.93. The molecule has 1 amide bonds. The van der Waals surface area contributed by atoms with E-state index in [0.717, 1.165) is 25.7 Å². The third-order valence-corrected chi connectivity index (χ3v) is 5.70. The molecular weight excluding hydrogens is 252 g/mol. The van der Waals surface area contributed by atoms with Crippen molar-refractivity contribution in [1.29, 1.82) is 0 Å². The van der Waals surface area contributed by atoms with Crippen LogP contribution < -0.4 is 5.73 Å². The van der Waals surface area contributed by atoms with Crippen LogP contribution in [-0.2, 0) is 14.6 Å². The van der Waals surface area contributed by atoms with Gasteiger partial charge in [0.05, 0.1) is 11.5 Å². The highest BCUT2D eigenvalue weighted by Crippen LogP contribution is 2.25. The normalized spacial score (nSPS) is 32.8. The Bertz CT molecular complexity index is 400. The fourth-order valence-corrected chi connectivity index (χ4v) is 4.05. The SMILES string of the molecule is NC1CCC(C(=O)N2CCCS(=O)(=O)CC2)CC1. The Morgan fingerprint density at radius 2 is 1.72 bits per heavy atom. The highest BCUT2D eigenvalue weighted by atomic mass is 32.2. The van der Waals surface area contributed by atoms with E-state index in [0.29, 0.717) is 19.5 Å². The van der Waals surface area contributed by atoms with Crippen LogP contribution in [0.1, 0.15) is 32.1 Å². The maximum Gasteiger partial charge on any atom is 0.225 e. The van der Waals surface area contributed by atoms with E-state index in [1.807, 2.05) is 0 Å². The monoisotopic (exact) mass is 274 g/mol. The maximum atomic E-state index is 12.3. The van der Waals surface area contributed by atoms with Crippen LogP contribution in [0.5, 0.6) is 0 Å². The molecule has 0 spiro atoms. The molecule has 1 heterocycles. The molecule has 1 saturated heterocycles. The van der Waals surface area contributed by atoms with Crippen molar-refractivity contribution in [3.05, 3.63) is 0 Å². The molecule has 5 nitrogen and oxygen atoms in total. The van der Waals surface area contributed by atoms with E-state index in [1.165, 1.54) is 0 Å². The molecule has 2 aliphatic rings. The first kappa shape index (κ1) is 13.8. The van der Waals surface area contributed by atoms with Gasteiger partial charge in [-0.2, -0.15) is 0 Å². The van der Waals surface area contributed by atoms with Gasteiger partial charge in [-0.05, 0) is 32.1 Å². The van der Waals surface area contributed by atoms with Gasteiger partial charge in [0.15, 0.2) is 9.84 Å². The van der Waals surface area contributed by atoms with Gasteiger partial charge in [0.25, 0.3) is 0 Å². The summed E-state index contributed by atoms with van der Waals surface area (Å²) in [6.45, 7) is 0.949. The number of hydrogen-bond acceptors (Lipinski definition) is 4. The Morgan fingerprint density at radius 3 is 2.39 bits per heavy atom. The molecule has 0 bridgehead atoms. The second-order valence-electron chi connectivity index (χ2n) is 5.44.